The van der Waals surface area contributed by atoms with Crippen molar-refractivity contribution in [3.63, 3.8) is 0 Å². The third-order valence-corrected chi connectivity index (χ3v) is 4.68. The molecule has 0 saturated heterocycles. The topological polar surface area (TPSA) is 52.0 Å². The molecule has 2 N–H and O–H groups in total. The smallest absolute Gasteiger partial charge is 0.178 e. The Bertz CT molecular complexity index is 814. The molecular weight excluding hydrogens is 464 g/mol. The first-order valence-corrected chi connectivity index (χ1v) is 8.40. The van der Waals surface area contributed by atoms with Crippen molar-refractivity contribution < 1.29 is 4.52 Å². The van der Waals surface area contributed by atoms with Gasteiger partial charge < -0.3 is 10.3 Å². The molecule has 0 spiro atoms. The Kier molecular flexibility index (Phi) is 4.19. The SMILES string of the molecule is Nc1noc(-c2cc(Br)ccc2Br)c1-c1cccc(Br)c1. The summed E-state index contributed by atoms with van der Waals surface area (Å²) in [5, 5.41) is 3.92. The molecular formula is C15H9Br3N2O. The second-order valence-electron chi connectivity index (χ2n) is 4.41. The largest absolute Gasteiger partial charge is 0.380 e. The molecule has 21 heavy (non-hydrogen) atoms. The van der Waals surface area contributed by atoms with E-state index in [4.69, 9.17) is 10.3 Å². The summed E-state index contributed by atoms with van der Waals surface area (Å²) in [5.74, 6) is 1.01. The normalized spacial score (nSPS) is 10.8. The summed E-state index contributed by atoms with van der Waals surface area (Å²) in [7, 11) is 0. The molecule has 6 heteroatoms. The predicted molar refractivity (Wildman–Crippen MR) is 94.9 cm³/mol. The number of nitrogens with two attached hydrogens (primary N) is 1. The average Bonchev–Trinajstić information content (AvgIpc) is 2.83. The first-order chi connectivity index (χ1) is 10.1. The van der Waals surface area contributed by atoms with Gasteiger partial charge in [0, 0.05) is 19.0 Å². The van der Waals surface area contributed by atoms with Gasteiger partial charge >= 0.3 is 0 Å². The third kappa shape index (κ3) is 2.93. The predicted octanol–water partition coefficient (Wildman–Crippen LogP) is 5.88. The van der Waals surface area contributed by atoms with Crippen molar-refractivity contribution in [2.45, 2.75) is 0 Å². The van der Waals surface area contributed by atoms with Gasteiger partial charge in [0.15, 0.2) is 11.6 Å². The molecule has 2 aromatic carbocycles. The van der Waals surface area contributed by atoms with E-state index in [1.54, 1.807) is 0 Å². The van der Waals surface area contributed by atoms with Crippen LogP contribution in [-0.2, 0) is 0 Å². The van der Waals surface area contributed by atoms with Crippen molar-refractivity contribution in [1.29, 1.82) is 0 Å². The number of hydrogen-bond acceptors (Lipinski definition) is 3. The van der Waals surface area contributed by atoms with E-state index in [2.05, 4.69) is 52.9 Å². The minimum absolute atomic E-state index is 0.370. The molecule has 3 aromatic rings. The van der Waals surface area contributed by atoms with Crippen molar-refractivity contribution in [3.8, 4) is 22.5 Å². The Labute approximate surface area is 146 Å². The molecule has 0 unspecified atom stereocenters. The maximum absolute atomic E-state index is 6.00. The van der Waals surface area contributed by atoms with E-state index in [1.165, 1.54) is 0 Å². The van der Waals surface area contributed by atoms with Crippen LogP contribution in [0.25, 0.3) is 22.5 Å². The van der Waals surface area contributed by atoms with Crippen LogP contribution in [-0.4, -0.2) is 5.16 Å². The number of anilines is 1. The molecule has 0 aliphatic rings. The van der Waals surface area contributed by atoms with Crippen LogP contribution in [0.2, 0.25) is 0 Å². The monoisotopic (exact) mass is 470 g/mol. The first-order valence-electron chi connectivity index (χ1n) is 6.03. The van der Waals surface area contributed by atoms with Crippen LogP contribution in [0.15, 0.2) is 60.4 Å². The summed E-state index contributed by atoms with van der Waals surface area (Å²) >= 11 is 10.5. The number of rotatable bonds is 2. The van der Waals surface area contributed by atoms with Gasteiger partial charge in [0.05, 0.1) is 5.56 Å². The zero-order chi connectivity index (χ0) is 15.0. The van der Waals surface area contributed by atoms with Gasteiger partial charge in [-0.1, -0.05) is 65.1 Å². The third-order valence-electron chi connectivity index (χ3n) is 3.00. The Hall–Kier alpha value is -1.11. The highest BCUT2D eigenvalue weighted by molar-refractivity contribution is 9.11. The van der Waals surface area contributed by atoms with Crippen molar-refractivity contribution in [1.82, 2.24) is 5.16 Å². The molecule has 0 radical (unpaired) electrons. The highest BCUT2D eigenvalue weighted by Gasteiger charge is 2.20. The van der Waals surface area contributed by atoms with Crippen molar-refractivity contribution >= 4 is 53.6 Å². The number of halogens is 3. The highest BCUT2D eigenvalue weighted by atomic mass is 79.9. The van der Waals surface area contributed by atoms with E-state index in [0.717, 1.165) is 30.1 Å². The number of aromatic nitrogens is 1. The lowest BCUT2D eigenvalue weighted by Gasteiger charge is -2.06. The van der Waals surface area contributed by atoms with Crippen LogP contribution in [0.4, 0.5) is 5.82 Å². The van der Waals surface area contributed by atoms with Gasteiger partial charge in [0.1, 0.15) is 0 Å². The number of hydrogen-bond donors (Lipinski definition) is 1. The Balaban J connectivity index is 2.24. The first kappa shape index (κ1) is 14.8. The fraction of sp³-hybridized carbons (Fsp3) is 0. The number of nitrogens with zero attached hydrogens (tertiary/aromatic N) is 1. The van der Waals surface area contributed by atoms with Crippen molar-refractivity contribution in [2.75, 3.05) is 5.73 Å². The zero-order valence-corrected chi connectivity index (χ0v) is 15.4. The second-order valence-corrected chi connectivity index (χ2v) is 7.09. The van der Waals surface area contributed by atoms with Gasteiger partial charge in [0.25, 0.3) is 0 Å². The summed E-state index contributed by atoms with van der Waals surface area (Å²) in [5.41, 5.74) is 8.63. The summed E-state index contributed by atoms with van der Waals surface area (Å²) in [6, 6.07) is 13.7. The lowest BCUT2D eigenvalue weighted by atomic mass is 10.0. The number of nitrogen functional groups attached to an aromatic ring is 1. The van der Waals surface area contributed by atoms with Gasteiger partial charge in [-0.2, -0.15) is 0 Å². The molecule has 0 aliphatic heterocycles. The quantitative estimate of drug-likeness (QED) is 0.507. The standard InChI is InChI=1S/C15H9Br3N2O/c16-9-3-1-2-8(6-9)13-14(21-20-15(13)19)11-7-10(17)4-5-12(11)18/h1-7H,(H2,19,20). The highest BCUT2D eigenvalue weighted by Crippen LogP contribution is 2.41. The van der Waals surface area contributed by atoms with Gasteiger partial charge in [-0.25, -0.2) is 0 Å². The maximum atomic E-state index is 6.00. The summed E-state index contributed by atoms with van der Waals surface area (Å²) < 4.78 is 8.31. The molecule has 3 nitrogen and oxygen atoms in total. The van der Waals surface area contributed by atoms with Gasteiger partial charge in [-0.05, 0) is 35.9 Å². The van der Waals surface area contributed by atoms with Crippen LogP contribution >= 0.6 is 47.8 Å². The Morgan fingerprint density at radius 2 is 1.71 bits per heavy atom. The van der Waals surface area contributed by atoms with E-state index < -0.39 is 0 Å². The molecule has 0 bridgehead atoms. The summed E-state index contributed by atoms with van der Waals surface area (Å²) in [4.78, 5) is 0. The van der Waals surface area contributed by atoms with E-state index >= 15 is 0 Å². The minimum Gasteiger partial charge on any atom is -0.380 e. The van der Waals surface area contributed by atoms with Gasteiger partial charge in [-0.15, -0.1) is 0 Å². The van der Waals surface area contributed by atoms with E-state index in [9.17, 15) is 0 Å². The zero-order valence-electron chi connectivity index (χ0n) is 10.6. The maximum Gasteiger partial charge on any atom is 0.178 e. The minimum atomic E-state index is 0.370. The van der Waals surface area contributed by atoms with E-state index in [0.29, 0.717) is 11.6 Å². The van der Waals surface area contributed by atoms with E-state index in [-0.39, 0.29) is 0 Å². The molecule has 1 heterocycles. The molecule has 0 saturated carbocycles. The van der Waals surface area contributed by atoms with Crippen LogP contribution in [0.1, 0.15) is 0 Å². The van der Waals surface area contributed by atoms with Crippen LogP contribution in [0.3, 0.4) is 0 Å². The molecule has 3 rings (SSSR count). The molecule has 0 fully saturated rings. The Morgan fingerprint density at radius 1 is 0.952 bits per heavy atom. The molecule has 0 atom stereocenters. The average molecular weight is 473 g/mol. The fourth-order valence-electron chi connectivity index (χ4n) is 2.08. The summed E-state index contributed by atoms with van der Waals surface area (Å²) in [6.07, 6.45) is 0. The van der Waals surface area contributed by atoms with E-state index in [1.807, 2.05) is 42.5 Å². The molecule has 0 amide bonds. The van der Waals surface area contributed by atoms with Crippen LogP contribution in [0.5, 0.6) is 0 Å². The van der Waals surface area contributed by atoms with Gasteiger partial charge in [-0.3, -0.25) is 0 Å². The summed E-state index contributed by atoms with van der Waals surface area (Å²) in [6.45, 7) is 0. The fourth-order valence-corrected chi connectivity index (χ4v) is 3.27. The number of benzene rings is 2. The molecule has 0 aliphatic carbocycles. The van der Waals surface area contributed by atoms with Crippen molar-refractivity contribution in [2.24, 2.45) is 0 Å². The lowest BCUT2D eigenvalue weighted by Crippen LogP contribution is -1.89. The Morgan fingerprint density at radius 3 is 2.48 bits per heavy atom. The molecule has 106 valence electrons. The second kappa shape index (κ2) is 5.94. The van der Waals surface area contributed by atoms with Crippen molar-refractivity contribution in [3.05, 3.63) is 55.9 Å². The van der Waals surface area contributed by atoms with Crippen LogP contribution < -0.4 is 5.73 Å². The lowest BCUT2D eigenvalue weighted by molar-refractivity contribution is 0.436. The van der Waals surface area contributed by atoms with Gasteiger partial charge in [0.2, 0.25) is 0 Å². The van der Waals surface area contributed by atoms with Crippen LogP contribution in [0, 0.1) is 0 Å². The molecule has 1 aromatic heterocycles.